The van der Waals surface area contributed by atoms with Crippen molar-refractivity contribution in [2.45, 2.75) is 37.6 Å². The van der Waals surface area contributed by atoms with Crippen LogP contribution in [0.2, 0.25) is 0 Å². The van der Waals surface area contributed by atoms with Crippen LogP contribution < -0.4 is 11.1 Å². The summed E-state index contributed by atoms with van der Waals surface area (Å²) >= 11 is 1.47. The maximum Gasteiger partial charge on any atom is 0.255 e. The Morgan fingerprint density at radius 3 is 2.94 bits per heavy atom. The van der Waals surface area contributed by atoms with Gasteiger partial charge in [0, 0.05) is 11.8 Å². The number of carbonyl (C=O) groups is 1. The minimum absolute atomic E-state index is 0.240. The highest BCUT2D eigenvalue weighted by atomic mass is 32.2. The molecule has 1 aromatic rings. The van der Waals surface area contributed by atoms with Crippen molar-refractivity contribution in [1.29, 1.82) is 0 Å². The molecule has 0 aliphatic carbocycles. The molecule has 1 heterocycles. The van der Waals surface area contributed by atoms with E-state index in [9.17, 15) is 4.79 Å². The highest BCUT2D eigenvalue weighted by Crippen LogP contribution is 2.16. The van der Waals surface area contributed by atoms with Crippen LogP contribution in [0.5, 0.6) is 0 Å². The summed E-state index contributed by atoms with van der Waals surface area (Å²) < 4.78 is 5.07. The van der Waals surface area contributed by atoms with Crippen molar-refractivity contribution in [3.63, 3.8) is 0 Å². The quantitative estimate of drug-likeness (QED) is 0.698. The van der Waals surface area contributed by atoms with Crippen LogP contribution in [0.1, 0.15) is 20.3 Å². The number of hydrogen-bond donors (Lipinski definition) is 2. The van der Waals surface area contributed by atoms with Crippen LogP contribution in [0, 0.1) is 0 Å². The van der Waals surface area contributed by atoms with Gasteiger partial charge in [0.1, 0.15) is 6.26 Å². The van der Waals surface area contributed by atoms with Gasteiger partial charge < -0.3 is 15.5 Å². The van der Waals surface area contributed by atoms with Gasteiger partial charge in [-0.15, -0.1) is 0 Å². The zero-order valence-electron chi connectivity index (χ0n) is 9.47. The topological polar surface area (TPSA) is 81.2 Å². The molecule has 5 nitrogen and oxygen atoms in total. The second-order valence-corrected chi connectivity index (χ2v) is 4.76. The molecule has 16 heavy (non-hydrogen) atoms. The number of nitrogens with zero attached hydrogens (tertiary/aromatic N) is 1. The molecule has 0 aromatic carbocycles. The number of thioether (sulfide) groups is 1. The summed E-state index contributed by atoms with van der Waals surface area (Å²) in [4.78, 5) is 15.1. The maximum atomic E-state index is 11.1. The molecule has 0 radical (unpaired) electrons. The number of hydrogen-bond acceptors (Lipinski definition) is 5. The van der Waals surface area contributed by atoms with Crippen LogP contribution in [0.25, 0.3) is 0 Å². The number of aromatic nitrogens is 1. The Kier molecular flexibility index (Phi) is 5.34. The lowest BCUT2D eigenvalue weighted by Gasteiger charge is -2.17. The van der Waals surface area contributed by atoms with Gasteiger partial charge >= 0.3 is 0 Å². The summed E-state index contributed by atoms with van der Waals surface area (Å²) in [6, 6.07) is -0.0494. The second-order valence-electron chi connectivity index (χ2n) is 3.71. The van der Waals surface area contributed by atoms with Gasteiger partial charge in [0.15, 0.2) is 0 Å². The molecule has 1 amide bonds. The van der Waals surface area contributed by atoms with Crippen LogP contribution in [0.3, 0.4) is 0 Å². The number of rotatable bonds is 7. The van der Waals surface area contributed by atoms with E-state index < -0.39 is 0 Å². The average Bonchev–Trinajstić information content (AvgIpc) is 2.68. The molecule has 0 saturated heterocycles. The van der Waals surface area contributed by atoms with Crippen LogP contribution in [-0.4, -0.2) is 28.7 Å². The minimum atomic E-state index is -0.318. The summed E-state index contributed by atoms with van der Waals surface area (Å²) in [5.74, 6) is 0.426. The van der Waals surface area contributed by atoms with E-state index in [0.29, 0.717) is 11.6 Å². The molecular formula is C10H17N3O2S. The largest absolute Gasteiger partial charge is 0.440 e. The molecule has 0 bridgehead atoms. The first-order valence-corrected chi connectivity index (χ1v) is 6.16. The Morgan fingerprint density at radius 2 is 2.44 bits per heavy atom. The summed E-state index contributed by atoms with van der Waals surface area (Å²) in [5, 5.41) is 3.74. The van der Waals surface area contributed by atoms with Crippen LogP contribution in [0.4, 0.5) is 0 Å². The van der Waals surface area contributed by atoms with Gasteiger partial charge in [-0.3, -0.25) is 4.79 Å². The predicted molar refractivity (Wildman–Crippen MR) is 63.1 cm³/mol. The predicted octanol–water partition coefficient (Wildman–Crippen LogP) is 1.01. The monoisotopic (exact) mass is 243 g/mol. The number of nitrogens with one attached hydrogen (secondary N) is 1. The molecular weight excluding hydrogens is 226 g/mol. The fraction of sp³-hybridized carbons (Fsp3) is 0.600. The van der Waals surface area contributed by atoms with Gasteiger partial charge in [-0.25, -0.2) is 4.98 Å². The van der Waals surface area contributed by atoms with Crippen molar-refractivity contribution in [2.75, 3.05) is 5.75 Å². The van der Waals surface area contributed by atoms with Crippen molar-refractivity contribution in [3.05, 3.63) is 12.5 Å². The average molecular weight is 243 g/mol. The Balaban J connectivity index is 2.30. The molecule has 0 spiro atoms. The van der Waals surface area contributed by atoms with E-state index in [2.05, 4.69) is 10.3 Å². The van der Waals surface area contributed by atoms with Gasteiger partial charge in [-0.05, 0) is 6.42 Å². The Morgan fingerprint density at radius 1 is 1.69 bits per heavy atom. The van der Waals surface area contributed by atoms with E-state index in [4.69, 9.17) is 10.2 Å². The number of carbonyl (C=O) groups excluding carboxylic acids is 1. The van der Waals surface area contributed by atoms with E-state index in [1.165, 1.54) is 18.0 Å². The summed E-state index contributed by atoms with van der Waals surface area (Å²) in [6.07, 6.45) is 3.79. The molecule has 1 aromatic heterocycles. The van der Waals surface area contributed by atoms with Gasteiger partial charge in [0.25, 0.3) is 5.22 Å². The first kappa shape index (κ1) is 13.1. The Labute approximate surface area is 99.2 Å². The van der Waals surface area contributed by atoms with E-state index >= 15 is 0 Å². The normalized spacial score (nSPS) is 12.9. The first-order valence-electron chi connectivity index (χ1n) is 5.17. The van der Waals surface area contributed by atoms with E-state index in [-0.39, 0.29) is 18.0 Å². The molecule has 1 atom stereocenters. The molecule has 1 rings (SSSR count). The molecule has 0 fully saturated rings. The standard InChI is InChI=1S/C10H17N3O2S/c1-7(2)13-8(9(11)14)3-6-16-10-12-4-5-15-10/h4-5,7-8,13H,3,6H2,1-2H3,(H2,11,14). The van der Waals surface area contributed by atoms with Crippen LogP contribution in [-0.2, 0) is 4.79 Å². The molecule has 0 aliphatic rings. The van der Waals surface area contributed by atoms with Crippen molar-refractivity contribution in [1.82, 2.24) is 10.3 Å². The zero-order chi connectivity index (χ0) is 12.0. The van der Waals surface area contributed by atoms with Gasteiger partial charge in [-0.2, -0.15) is 0 Å². The third kappa shape index (κ3) is 4.67. The van der Waals surface area contributed by atoms with Gasteiger partial charge in [0.05, 0.1) is 12.2 Å². The lowest BCUT2D eigenvalue weighted by molar-refractivity contribution is -0.120. The zero-order valence-corrected chi connectivity index (χ0v) is 10.3. The highest BCUT2D eigenvalue weighted by molar-refractivity contribution is 7.99. The van der Waals surface area contributed by atoms with E-state index in [1.54, 1.807) is 6.20 Å². The SMILES string of the molecule is CC(C)NC(CCSc1ncco1)C(N)=O. The molecule has 3 N–H and O–H groups in total. The third-order valence-electron chi connectivity index (χ3n) is 1.92. The summed E-state index contributed by atoms with van der Waals surface area (Å²) in [5.41, 5.74) is 5.29. The van der Waals surface area contributed by atoms with Gasteiger partial charge in [-0.1, -0.05) is 25.6 Å². The number of amides is 1. The fourth-order valence-corrected chi connectivity index (χ4v) is 2.04. The molecule has 0 aliphatic heterocycles. The Hall–Kier alpha value is -1.01. The van der Waals surface area contributed by atoms with E-state index in [1.807, 2.05) is 13.8 Å². The number of oxazole rings is 1. The lowest BCUT2D eigenvalue weighted by Crippen LogP contribution is -2.44. The minimum Gasteiger partial charge on any atom is -0.440 e. The first-order chi connectivity index (χ1) is 7.59. The third-order valence-corrected chi connectivity index (χ3v) is 2.81. The number of primary amides is 1. The van der Waals surface area contributed by atoms with Crippen LogP contribution >= 0.6 is 11.8 Å². The smallest absolute Gasteiger partial charge is 0.255 e. The molecule has 0 saturated carbocycles. The molecule has 6 heteroatoms. The van der Waals surface area contributed by atoms with Crippen molar-refractivity contribution >= 4 is 17.7 Å². The Bertz CT molecular complexity index is 314. The van der Waals surface area contributed by atoms with Gasteiger partial charge in [0.2, 0.25) is 5.91 Å². The van der Waals surface area contributed by atoms with E-state index in [0.717, 1.165) is 5.75 Å². The fourth-order valence-electron chi connectivity index (χ4n) is 1.26. The lowest BCUT2D eigenvalue weighted by atomic mass is 10.2. The second kappa shape index (κ2) is 6.55. The highest BCUT2D eigenvalue weighted by Gasteiger charge is 2.15. The van der Waals surface area contributed by atoms with Crippen molar-refractivity contribution in [2.24, 2.45) is 5.73 Å². The number of nitrogens with two attached hydrogens (primary N) is 1. The molecule has 90 valence electrons. The summed E-state index contributed by atoms with van der Waals surface area (Å²) in [7, 11) is 0. The van der Waals surface area contributed by atoms with Crippen LogP contribution in [0.15, 0.2) is 22.1 Å². The maximum absolute atomic E-state index is 11.1. The van der Waals surface area contributed by atoms with Crippen molar-refractivity contribution in [3.8, 4) is 0 Å². The molecule has 1 unspecified atom stereocenters. The summed E-state index contributed by atoms with van der Waals surface area (Å²) in [6.45, 7) is 3.97. The van der Waals surface area contributed by atoms with Crippen molar-refractivity contribution < 1.29 is 9.21 Å².